The third-order valence-electron chi connectivity index (χ3n) is 4.53. The van der Waals surface area contributed by atoms with Crippen LogP contribution in [0.1, 0.15) is 22.2 Å². The smallest absolute Gasteiger partial charge is 0.272 e. The molecule has 0 bridgehead atoms. The number of para-hydroxylation sites is 1. The van der Waals surface area contributed by atoms with Crippen LogP contribution in [0.25, 0.3) is 5.69 Å². The van der Waals surface area contributed by atoms with Crippen molar-refractivity contribution in [2.75, 3.05) is 19.7 Å². The van der Waals surface area contributed by atoms with Gasteiger partial charge in [0.25, 0.3) is 5.91 Å². The van der Waals surface area contributed by atoms with Crippen molar-refractivity contribution in [2.24, 2.45) is 0 Å². The molecule has 1 fully saturated rings. The molecule has 1 unspecified atom stereocenters. The molecule has 6 heteroatoms. The first-order chi connectivity index (χ1) is 12.7. The quantitative estimate of drug-likeness (QED) is 0.719. The van der Waals surface area contributed by atoms with Crippen LogP contribution >= 0.6 is 12.2 Å². The maximum absolute atomic E-state index is 13.2. The van der Waals surface area contributed by atoms with Gasteiger partial charge in [0, 0.05) is 18.4 Å². The van der Waals surface area contributed by atoms with Gasteiger partial charge < -0.3 is 14.6 Å². The second kappa shape index (κ2) is 7.27. The molecule has 4 rings (SSSR count). The highest BCUT2D eigenvalue weighted by Gasteiger charge is 2.28. The summed E-state index contributed by atoms with van der Waals surface area (Å²) < 4.78 is 8.16. The third-order valence-corrected chi connectivity index (χ3v) is 4.84. The van der Waals surface area contributed by atoms with Crippen molar-refractivity contribution >= 4 is 18.1 Å². The van der Waals surface area contributed by atoms with E-state index in [4.69, 9.17) is 17.0 Å². The van der Waals surface area contributed by atoms with Crippen LogP contribution in [0.15, 0.2) is 66.9 Å². The Morgan fingerprint density at radius 1 is 1.08 bits per heavy atom. The molecule has 1 aliphatic rings. The van der Waals surface area contributed by atoms with E-state index in [0.717, 1.165) is 11.3 Å². The number of nitrogens with one attached hydrogen (secondary N) is 1. The molecule has 1 atom stereocenters. The van der Waals surface area contributed by atoms with Crippen molar-refractivity contribution in [3.8, 4) is 5.69 Å². The third kappa shape index (κ3) is 3.21. The Bertz CT molecular complexity index is 950. The first-order valence-electron chi connectivity index (χ1n) is 8.56. The van der Waals surface area contributed by atoms with E-state index >= 15 is 0 Å². The fourth-order valence-electron chi connectivity index (χ4n) is 3.22. The largest absolute Gasteiger partial charge is 0.370 e. The monoisotopic (exact) mass is 365 g/mol. The molecule has 3 aromatic rings. The lowest BCUT2D eigenvalue weighted by Crippen LogP contribution is -2.42. The average molecular weight is 365 g/mol. The van der Waals surface area contributed by atoms with Gasteiger partial charge in [-0.2, -0.15) is 0 Å². The number of rotatable bonds is 3. The number of aromatic nitrogens is 2. The van der Waals surface area contributed by atoms with E-state index < -0.39 is 0 Å². The van der Waals surface area contributed by atoms with Gasteiger partial charge in [-0.25, -0.2) is 0 Å². The molecule has 26 heavy (non-hydrogen) atoms. The molecule has 0 aliphatic carbocycles. The molecule has 1 N–H and O–H groups in total. The van der Waals surface area contributed by atoms with Gasteiger partial charge in [-0.15, -0.1) is 0 Å². The number of morpholine rings is 1. The van der Waals surface area contributed by atoms with Gasteiger partial charge in [-0.1, -0.05) is 48.5 Å². The minimum Gasteiger partial charge on any atom is -0.370 e. The molecule has 1 aromatic heterocycles. The van der Waals surface area contributed by atoms with Crippen LogP contribution in [-0.4, -0.2) is 40.1 Å². The van der Waals surface area contributed by atoms with Crippen molar-refractivity contribution in [3.63, 3.8) is 0 Å². The Morgan fingerprint density at radius 3 is 2.50 bits per heavy atom. The molecular weight excluding hydrogens is 346 g/mol. The number of hydrogen-bond donors (Lipinski definition) is 1. The van der Waals surface area contributed by atoms with E-state index in [2.05, 4.69) is 4.98 Å². The molecule has 132 valence electrons. The molecule has 2 heterocycles. The number of imidazole rings is 1. The minimum atomic E-state index is -0.110. The highest BCUT2D eigenvalue weighted by atomic mass is 32.1. The zero-order chi connectivity index (χ0) is 17.9. The van der Waals surface area contributed by atoms with E-state index in [9.17, 15) is 4.79 Å². The summed E-state index contributed by atoms with van der Waals surface area (Å²) in [5, 5.41) is 0. The van der Waals surface area contributed by atoms with Gasteiger partial charge in [-0.3, -0.25) is 9.36 Å². The normalized spacial score (nSPS) is 17.2. The van der Waals surface area contributed by atoms with Crippen LogP contribution in [0.5, 0.6) is 0 Å². The number of carbonyl (C=O) groups excluding carboxylic acids is 1. The molecule has 1 saturated heterocycles. The Morgan fingerprint density at radius 2 is 1.77 bits per heavy atom. The molecule has 1 amide bonds. The summed E-state index contributed by atoms with van der Waals surface area (Å²) >= 11 is 5.39. The molecule has 0 radical (unpaired) electrons. The van der Waals surface area contributed by atoms with Gasteiger partial charge in [0.05, 0.1) is 13.2 Å². The van der Waals surface area contributed by atoms with E-state index in [1.54, 1.807) is 10.8 Å². The predicted octanol–water partition coefficient (Wildman–Crippen LogP) is 3.75. The average Bonchev–Trinajstić information content (AvgIpc) is 3.10. The number of aromatic amines is 1. The van der Waals surface area contributed by atoms with E-state index in [1.807, 2.05) is 65.6 Å². The first-order valence-corrected chi connectivity index (χ1v) is 8.96. The van der Waals surface area contributed by atoms with Gasteiger partial charge >= 0.3 is 0 Å². The van der Waals surface area contributed by atoms with Crippen LogP contribution in [0.4, 0.5) is 0 Å². The second-order valence-corrected chi connectivity index (χ2v) is 6.56. The number of amides is 1. The van der Waals surface area contributed by atoms with Crippen molar-refractivity contribution < 1.29 is 9.53 Å². The minimum absolute atomic E-state index is 0.0505. The molecule has 0 spiro atoms. The summed E-state index contributed by atoms with van der Waals surface area (Å²) in [6, 6.07) is 19.7. The lowest BCUT2D eigenvalue weighted by molar-refractivity contribution is -0.0230. The molecule has 5 nitrogen and oxygen atoms in total. The maximum Gasteiger partial charge on any atom is 0.272 e. The van der Waals surface area contributed by atoms with E-state index in [-0.39, 0.29) is 12.0 Å². The Labute approximate surface area is 156 Å². The van der Waals surface area contributed by atoms with Crippen LogP contribution in [0, 0.1) is 4.77 Å². The van der Waals surface area contributed by atoms with Crippen LogP contribution in [-0.2, 0) is 4.74 Å². The van der Waals surface area contributed by atoms with Crippen molar-refractivity contribution in [1.82, 2.24) is 14.5 Å². The zero-order valence-electron chi connectivity index (χ0n) is 14.2. The van der Waals surface area contributed by atoms with Crippen molar-refractivity contribution in [1.29, 1.82) is 0 Å². The Balaban J connectivity index is 1.62. The topological polar surface area (TPSA) is 50.3 Å². The van der Waals surface area contributed by atoms with Crippen LogP contribution < -0.4 is 0 Å². The summed E-state index contributed by atoms with van der Waals surface area (Å²) in [5.41, 5.74) is 2.49. The van der Waals surface area contributed by atoms with Crippen LogP contribution in [0.2, 0.25) is 0 Å². The lowest BCUT2D eigenvalue weighted by atomic mass is 10.1. The van der Waals surface area contributed by atoms with Crippen molar-refractivity contribution in [3.05, 3.63) is 82.9 Å². The number of benzene rings is 2. The molecule has 1 aliphatic heterocycles. The van der Waals surface area contributed by atoms with Gasteiger partial charge in [0.2, 0.25) is 0 Å². The number of ether oxygens (including phenoxy) is 1. The Hall–Kier alpha value is -2.70. The fourth-order valence-corrected chi connectivity index (χ4v) is 3.49. The number of nitrogens with zero attached hydrogens (tertiary/aromatic N) is 2. The fraction of sp³-hybridized carbons (Fsp3) is 0.200. The molecular formula is C20H19N3O2S. The summed E-state index contributed by atoms with van der Waals surface area (Å²) in [5.74, 6) is -0.0505. The Kier molecular flexibility index (Phi) is 4.69. The van der Waals surface area contributed by atoms with E-state index in [1.165, 1.54) is 0 Å². The summed E-state index contributed by atoms with van der Waals surface area (Å²) in [6.07, 6.45) is 1.57. The van der Waals surface area contributed by atoms with Gasteiger partial charge in [0.1, 0.15) is 11.8 Å². The van der Waals surface area contributed by atoms with Gasteiger partial charge in [0.15, 0.2) is 4.77 Å². The van der Waals surface area contributed by atoms with Crippen molar-refractivity contribution in [2.45, 2.75) is 6.10 Å². The molecule has 2 aromatic carbocycles. The summed E-state index contributed by atoms with van der Waals surface area (Å²) in [4.78, 5) is 18.0. The standard InChI is InChI=1S/C20H19N3O2S/c24-19(17-13-21-20(26)23(17)16-9-5-2-6-10-16)22-11-12-25-18(14-22)15-7-3-1-4-8-15/h1-10,13,18H,11-12,14H2,(H,21,26). The summed E-state index contributed by atoms with van der Waals surface area (Å²) in [6.45, 7) is 1.60. The lowest BCUT2D eigenvalue weighted by Gasteiger charge is -2.33. The zero-order valence-corrected chi connectivity index (χ0v) is 15.0. The first kappa shape index (κ1) is 16.8. The predicted molar refractivity (Wildman–Crippen MR) is 102 cm³/mol. The van der Waals surface area contributed by atoms with Crippen LogP contribution in [0.3, 0.4) is 0 Å². The number of hydrogen-bond acceptors (Lipinski definition) is 3. The second-order valence-electron chi connectivity index (χ2n) is 6.17. The van der Waals surface area contributed by atoms with E-state index in [0.29, 0.717) is 30.2 Å². The highest BCUT2D eigenvalue weighted by Crippen LogP contribution is 2.24. The molecule has 0 saturated carbocycles. The number of H-pyrrole nitrogens is 1. The summed E-state index contributed by atoms with van der Waals surface area (Å²) in [7, 11) is 0. The van der Waals surface area contributed by atoms with Gasteiger partial charge in [-0.05, 0) is 29.9 Å². The SMILES string of the molecule is O=C(c1c[nH]c(=S)n1-c1ccccc1)N1CCOC(c2ccccc2)C1. The number of carbonyl (C=O) groups is 1. The maximum atomic E-state index is 13.2. The highest BCUT2D eigenvalue weighted by molar-refractivity contribution is 7.71.